The topological polar surface area (TPSA) is 46.5 Å². The highest BCUT2D eigenvalue weighted by Gasteiger charge is 2.16. The number of benzene rings is 1. The SMILES string of the molecule is COC(=O)CC(O)c1ccc(C(C)(C)C)cc1. The first-order chi connectivity index (χ1) is 7.84. The van der Waals surface area contributed by atoms with Gasteiger partial charge in [0.1, 0.15) is 0 Å². The third kappa shape index (κ3) is 3.86. The molecule has 0 bridgehead atoms. The summed E-state index contributed by atoms with van der Waals surface area (Å²) in [6.07, 6.45) is -0.804. The van der Waals surface area contributed by atoms with Crippen LogP contribution in [0.4, 0.5) is 0 Å². The average Bonchev–Trinajstić information content (AvgIpc) is 2.27. The minimum absolute atomic E-state index is 0.00857. The Morgan fingerprint density at radius 2 is 1.82 bits per heavy atom. The summed E-state index contributed by atoms with van der Waals surface area (Å²) in [5.41, 5.74) is 2.03. The van der Waals surface area contributed by atoms with Gasteiger partial charge in [0, 0.05) is 0 Å². The number of rotatable bonds is 3. The molecule has 0 saturated carbocycles. The van der Waals surface area contributed by atoms with Crippen molar-refractivity contribution in [3.8, 4) is 0 Å². The van der Waals surface area contributed by atoms with Crippen LogP contribution in [0.25, 0.3) is 0 Å². The lowest BCUT2D eigenvalue weighted by Crippen LogP contribution is -2.12. The Labute approximate surface area is 102 Å². The van der Waals surface area contributed by atoms with Crippen LogP contribution in [-0.2, 0) is 14.9 Å². The zero-order chi connectivity index (χ0) is 13.1. The van der Waals surface area contributed by atoms with Gasteiger partial charge in [-0.15, -0.1) is 0 Å². The summed E-state index contributed by atoms with van der Waals surface area (Å²) in [5, 5.41) is 9.81. The van der Waals surface area contributed by atoms with Crippen molar-refractivity contribution in [2.75, 3.05) is 7.11 Å². The summed E-state index contributed by atoms with van der Waals surface area (Å²) in [7, 11) is 1.32. The molecule has 94 valence electrons. The summed E-state index contributed by atoms with van der Waals surface area (Å²) < 4.78 is 4.52. The maximum absolute atomic E-state index is 11.0. The predicted molar refractivity (Wildman–Crippen MR) is 66.7 cm³/mol. The fraction of sp³-hybridized carbons (Fsp3) is 0.500. The Morgan fingerprint density at radius 1 is 1.29 bits per heavy atom. The highest BCUT2D eigenvalue weighted by Crippen LogP contribution is 2.24. The van der Waals surface area contributed by atoms with Crippen molar-refractivity contribution in [3.63, 3.8) is 0 Å². The number of hydrogen-bond acceptors (Lipinski definition) is 3. The largest absolute Gasteiger partial charge is 0.469 e. The maximum Gasteiger partial charge on any atom is 0.308 e. The van der Waals surface area contributed by atoms with Crippen LogP contribution in [0.1, 0.15) is 44.4 Å². The highest BCUT2D eigenvalue weighted by molar-refractivity contribution is 5.70. The van der Waals surface area contributed by atoms with E-state index in [0.29, 0.717) is 0 Å². The Bertz CT molecular complexity index is 373. The number of methoxy groups -OCH3 is 1. The van der Waals surface area contributed by atoms with Crippen molar-refractivity contribution < 1.29 is 14.6 Å². The zero-order valence-electron chi connectivity index (χ0n) is 10.9. The molecule has 3 heteroatoms. The second-order valence-electron chi connectivity index (χ2n) is 5.17. The van der Waals surface area contributed by atoms with E-state index in [9.17, 15) is 9.90 Å². The first kappa shape index (κ1) is 13.7. The molecule has 17 heavy (non-hydrogen) atoms. The number of hydrogen-bond donors (Lipinski definition) is 1. The van der Waals surface area contributed by atoms with E-state index < -0.39 is 12.1 Å². The molecule has 0 spiro atoms. The molecule has 1 N–H and O–H groups in total. The van der Waals surface area contributed by atoms with Crippen LogP contribution in [0.3, 0.4) is 0 Å². The van der Waals surface area contributed by atoms with Crippen LogP contribution in [0, 0.1) is 0 Å². The van der Waals surface area contributed by atoms with Crippen molar-refractivity contribution >= 4 is 5.97 Å². The summed E-state index contributed by atoms with van der Waals surface area (Å²) in [5.74, 6) is -0.405. The lowest BCUT2D eigenvalue weighted by Gasteiger charge is -2.19. The second kappa shape index (κ2) is 5.32. The normalized spacial score (nSPS) is 13.2. The number of carbonyl (C=O) groups is 1. The third-order valence-electron chi connectivity index (χ3n) is 2.75. The summed E-state index contributed by atoms with van der Waals surface area (Å²) in [6, 6.07) is 7.67. The van der Waals surface area contributed by atoms with Gasteiger partial charge in [-0.1, -0.05) is 45.0 Å². The molecule has 0 heterocycles. The Balaban J connectivity index is 2.77. The van der Waals surface area contributed by atoms with E-state index in [0.717, 1.165) is 5.56 Å². The summed E-state index contributed by atoms with van der Waals surface area (Å²) in [6.45, 7) is 6.40. The zero-order valence-corrected chi connectivity index (χ0v) is 10.9. The van der Waals surface area contributed by atoms with Crippen LogP contribution >= 0.6 is 0 Å². The van der Waals surface area contributed by atoms with Crippen molar-refractivity contribution in [3.05, 3.63) is 35.4 Å². The van der Waals surface area contributed by atoms with Gasteiger partial charge >= 0.3 is 5.97 Å². The summed E-state index contributed by atoms with van der Waals surface area (Å²) >= 11 is 0. The molecule has 3 nitrogen and oxygen atoms in total. The van der Waals surface area contributed by atoms with E-state index in [1.165, 1.54) is 12.7 Å². The van der Waals surface area contributed by atoms with Gasteiger partial charge in [-0.25, -0.2) is 0 Å². The van der Waals surface area contributed by atoms with Gasteiger partial charge in [-0.05, 0) is 16.5 Å². The molecule has 0 aliphatic rings. The van der Waals surface area contributed by atoms with Crippen LogP contribution in [0.5, 0.6) is 0 Å². The van der Waals surface area contributed by atoms with Gasteiger partial charge in [0.15, 0.2) is 0 Å². The Morgan fingerprint density at radius 3 is 2.24 bits per heavy atom. The number of aliphatic hydroxyl groups is 1. The maximum atomic E-state index is 11.0. The molecular weight excluding hydrogens is 216 g/mol. The molecule has 1 atom stereocenters. The number of carbonyl (C=O) groups excluding carboxylic acids is 1. The fourth-order valence-electron chi connectivity index (χ4n) is 1.56. The minimum Gasteiger partial charge on any atom is -0.469 e. The van der Waals surface area contributed by atoms with Gasteiger partial charge in [0.25, 0.3) is 0 Å². The molecule has 1 rings (SSSR count). The van der Waals surface area contributed by atoms with E-state index >= 15 is 0 Å². The molecule has 0 amide bonds. The number of esters is 1. The van der Waals surface area contributed by atoms with Crippen molar-refractivity contribution in [2.45, 2.75) is 38.7 Å². The summed E-state index contributed by atoms with van der Waals surface area (Å²) in [4.78, 5) is 11.0. The van der Waals surface area contributed by atoms with Crippen LogP contribution in [0.15, 0.2) is 24.3 Å². The van der Waals surface area contributed by atoms with Crippen LogP contribution < -0.4 is 0 Å². The number of ether oxygens (including phenoxy) is 1. The van der Waals surface area contributed by atoms with Crippen molar-refractivity contribution in [1.29, 1.82) is 0 Å². The average molecular weight is 236 g/mol. The van der Waals surface area contributed by atoms with Crippen LogP contribution in [-0.4, -0.2) is 18.2 Å². The monoisotopic (exact) mass is 236 g/mol. The van der Waals surface area contributed by atoms with Crippen LogP contribution in [0.2, 0.25) is 0 Å². The number of aliphatic hydroxyl groups excluding tert-OH is 1. The minimum atomic E-state index is -0.795. The smallest absolute Gasteiger partial charge is 0.308 e. The molecule has 1 aromatic carbocycles. The standard InChI is InChI=1S/C14H20O3/c1-14(2,3)11-7-5-10(6-8-11)12(15)9-13(16)17-4/h5-8,12,15H,9H2,1-4H3. The third-order valence-corrected chi connectivity index (χ3v) is 2.75. The van der Waals surface area contributed by atoms with Crippen molar-refractivity contribution in [2.24, 2.45) is 0 Å². The quantitative estimate of drug-likeness (QED) is 0.820. The van der Waals surface area contributed by atoms with Gasteiger partial charge in [-0.3, -0.25) is 4.79 Å². The molecule has 0 saturated heterocycles. The van der Waals surface area contributed by atoms with Gasteiger partial charge < -0.3 is 9.84 Å². The van der Waals surface area contributed by atoms with E-state index in [-0.39, 0.29) is 11.8 Å². The molecule has 0 radical (unpaired) electrons. The van der Waals surface area contributed by atoms with E-state index in [2.05, 4.69) is 25.5 Å². The lowest BCUT2D eigenvalue weighted by atomic mass is 9.86. The first-order valence-electron chi connectivity index (χ1n) is 5.70. The molecule has 0 aliphatic heterocycles. The molecule has 0 fully saturated rings. The van der Waals surface area contributed by atoms with E-state index in [1.807, 2.05) is 24.3 Å². The molecule has 0 aliphatic carbocycles. The van der Waals surface area contributed by atoms with E-state index in [1.54, 1.807) is 0 Å². The first-order valence-corrected chi connectivity index (χ1v) is 5.70. The fourth-order valence-corrected chi connectivity index (χ4v) is 1.56. The molecule has 1 aromatic rings. The lowest BCUT2D eigenvalue weighted by molar-refractivity contribution is -0.142. The highest BCUT2D eigenvalue weighted by atomic mass is 16.5. The Kier molecular flexibility index (Phi) is 4.29. The molecule has 1 unspecified atom stereocenters. The van der Waals surface area contributed by atoms with E-state index in [4.69, 9.17) is 0 Å². The van der Waals surface area contributed by atoms with Gasteiger partial charge in [-0.2, -0.15) is 0 Å². The predicted octanol–water partition coefficient (Wildman–Crippen LogP) is 2.58. The molecular formula is C14H20O3. The van der Waals surface area contributed by atoms with Gasteiger partial charge in [0.2, 0.25) is 0 Å². The van der Waals surface area contributed by atoms with Gasteiger partial charge in [0.05, 0.1) is 19.6 Å². The Hall–Kier alpha value is -1.35. The second-order valence-corrected chi connectivity index (χ2v) is 5.17. The molecule has 0 aromatic heterocycles. The van der Waals surface area contributed by atoms with Crippen molar-refractivity contribution in [1.82, 2.24) is 0 Å².